The van der Waals surface area contributed by atoms with Crippen LogP contribution in [0.1, 0.15) is 48.4 Å². The molecule has 0 saturated heterocycles. The molecule has 2 heterocycles. The maximum atomic E-state index is 4.32. The Labute approximate surface area is 111 Å². The zero-order chi connectivity index (χ0) is 12.7. The summed E-state index contributed by atoms with van der Waals surface area (Å²) in [5, 5.41) is 1.14. The quantitative estimate of drug-likeness (QED) is 0.723. The minimum absolute atomic E-state index is 0.481. The lowest BCUT2D eigenvalue weighted by Gasteiger charge is -1.94. The van der Waals surface area contributed by atoms with Crippen LogP contribution in [0.4, 0.5) is 0 Å². The summed E-state index contributed by atoms with van der Waals surface area (Å²) < 4.78 is 0. The molecule has 0 N–H and O–H groups in total. The van der Waals surface area contributed by atoms with Gasteiger partial charge in [0.05, 0.1) is 32.7 Å². The third kappa shape index (κ3) is 4.29. The van der Waals surface area contributed by atoms with E-state index in [0.29, 0.717) is 5.92 Å². The molecule has 0 fully saturated rings. The van der Waals surface area contributed by atoms with Crippen molar-refractivity contribution in [1.82, 2.24) is 9.97 Å². The smallest absolute Gasteiger partial charge is 0.0973 e. The molecule has 2 rings (SSSR count). The largest absolute Gasteiger partial charge is 0.252 e. The highest BCUT2D eigenvalue weighted by molar-refractivity contribution is 7.12. The van der Waals surface area contributed by atoms with Crippen molar-refractivity contribution in [3.63, 3.8) is 0 Å². The van der Waals surface area contributed by atoms with Gasteiger partial charge in [-0.1, -0.05) is 27.7 Å². The highest BCUT2D eigenvalue weighted by Crippen LogP contribution is 2.20. The van der Waals surface area contributed by atoms with E-state index in [1.54, 1.807) is 34.4 Å². The fourth-order valence-corrected chi connectivity index (χ4v) is 2.25. The molecule has 2 aromatic rings. The van der Waals surface area contributed by atoms with Crippen molar-refractivity contribution in [2.75, 3.05) is 0 Å². The third-order valence-electron chi connectivity index (χ3n) is 1.76. The molecule has 0 aromatic carbocycles. The Kier molecular flexibility index (Phi) is 5.88. The monoisotopic (exact) mass is 264 g/mol. The Hall–Kier alpha value is -1.18. The SMILES string of the molecule is CC.CC(C)c1ncc(C#Cc2cncs2)s1. The molecule has 17 heavy (non-hydrogen) atoms. The molecule has 2 nitrogen and oxygen atoms in total. The van der Waals surface area contributed by atoms with E-state index in [1.807, 2.05) is 20.0 Å². The van der Waals surface area contributed by atoms with Gasteiger partial charge < -0.3 is 0 Å². The molecule has 2 aromatic heterocycles. The topological polar surface area (TPSA) is 25.8 Å². The van der Waals surface area contributed by atoms with Crippen molar-refractivity contribution in [2.45, 2.75) is 33.6 Å². The number of hydrogen-bond acceptors (Lipinski definition) is 4. The first-order valence-electron chi connectivity index (χ1n) is 5.62. The summed E-state index contributed by atoms with van der Waals surface area (Å²) in [6.45, 7) is 8.28. The van der Waals surface area contributed by atoms with Crippen LogP contribution in [-0.2, 0) is 0 Å². The lowest BCUT2D eigenvalue weighted by atomic mass is 10.2. The van der Waals surface area contributed by atoms with Gasteiger partial charge in [0.1, 0.15) is 0 Å². The van der Waals surface area contributed by atoms with Crippen molar-refractivity contribution in [3.05, 3.63) is 32.7 Å². The van der Waals surface area contributed by atoms with Crippen molar-refractivity contribution < 1.29 is 0 Å². The Morgan fingerprint density at radius 3 is 2.35 bits per heavy atom. The second-order valence-electron chi connectivity index (χ2n) is 3.33. The molecule has 0 bridgehead atoms. The van der Waals surface area contributed by atoms with Gasteiger partial charge in [-0.3, -0.25) is 4.98 Å². The molecule has 0 aliphatic rings. The fourth-order valence-electron chi connectivity index (χ4n) is 1.01. The first-order chi connectivity index (χ1) is 8.25. The first kappa shape index (κ1) is 13.9. The Morgan fingerprint density at radius 2 is 1.82 bits per heavy atom. The van der Waals surface area contributed by atoms with Crippen LogP contribution in [0.25, 0.3) is 0 Å². The summed E-state index contributed by atoms with van der Waals surface area (Å²) in [5.74, 6) is 6.65. The molecule has 4 heteroatoms. The van der Waals surface area contributed by atoms with E-state index in [1.165, 1.54) is 0 Å². The van der Waals surface area contributed by atoms with Crippen LogP contribution in [0.2, 0.25) is 0 Å². The van der Waals surface area contributed by atoms with E-state index < -0.39 is 0 Å². The Bertz CT molecular complexity index is 487. The molecule has 0 spiro atoms. The summed E-state index contributed by atoms with van der Waals surface area (Å²) in [6.07, 6.45) is 3.62. The summed E-state index contributed by atoms with van der Waals surface area (Å²) in [4.78, 5) is 10.3. The van der Waals surface area contributed by atoms with E-state index in [2.05, 4.69) is 35.7 Å². The van der Waals surface area contributed by atoms with Gasteiger partial charge in [-0.25, -0.2) is 4.98 Å². The zero-order valence-corrected chi connectivity index (χ0v) is 12.2. The predicted octanol–water partition coefficient (Wildman–Crippen LogP) is 4.15. The van der Waals surface area contributed by atoms with Gasteiger partial charge in [-0.15, -0.1) is 22.7 Å². The molecule has 90 valence electrons. The third-order valence-corrected chi connectivity index (χ3v) is 3.66. The average molecular weight is 264 g/mol. The van der Waals surface area contributed by atoms with Gasteiger partial charge in [-0.05, 0) is 11.8 Å². The second kappa shape index (κ2) is 7.21. The van der Waals surface area contributed by atoms with E-state index >= 15 is 0 Å². The van der Waals surface area contributed by atoms with Gasteiger partial charge in [0.15, 0.2) is 0 Å². The minimum Gasteiger partial charge on any atom is -0.252 e. The van der Waals surface area contributed by atoms with E-state index in [0.717, 1.165) is 14.8 Å². The molecule has 0 amide bonds. The molecule has 0 aliphatic carbocycles. The highest BCUT2D eigenvalue weighted by Gasteiger charge is 2.03. The predicted molar refractivity (Wildman–Crippen MR) is 75.6 cm³/mol. The molecule has 0 radical (unpaired) electrons. The van der Waals surface area contributed by atoms with Crippen LogP contribution in [-0.4, -0.2) is 9.97 Å². The van der Waals surface area contributed by atoms with Crippen LogP contribution in [0, 0.1) is 11.8 Å². The zero-order valence-electron chi connectivity index (χ0n) is 10.5. The van der Waals surface area contributed by atoms with Crippen LogP contribution < -0.4 is 0 Å². The highest BCUT2D eigenvalue weighted by atomic mass is 32.1. The Morgan fingerprint density at radius 1 is 1.12 bits per heavy atom. The average Bonchev–Trinajstić information content (AvgIpc) is 3.00. The lowest BCUT2D eigenvalue weighted by Crippen LogP contribution is -1.81. The lowest BCUT2D eigenvalue weighted by molar-refractivity contribution is 0.852. The number of rotatable bonds is 1. The maximum absolute atomic E-state index is 4.32. The van der Waals surface area contributed by atoms with E-state index in [4.69, 9.17) is 0 Å². The molecular weight excluding hydrogens is 248 g/mol. The summed E-state index contributed by atoms with van der Waals surface area (Å²) >= 11 is 3.22. The van der Waals surface area contributed by atoms with Crippen molar-refractivity contribution in [1.29, 1.82) is 0 Å². The summed E-state index contributed by atoms with van der Waals surface area (Å²) in [6, 6.07) is 0. The second-order valence-corrected chi connectivity index (χ2v) is 5.28. The summed E-state index contributed by atoms with van der Waals surface area (Å²) in [7, 11) is 0. The van der Waals surface area contributed by atoms with Gasteiger partial charge >= 0.3 is 0 Å². The fraction of sp³-hybridized carbons (Fsp3) is 0.385. The van der Waals surface area contributed by atoms with E-state index in [-0.39, 0.29) is 0 Å². The number of hydrogen-bond donors (Lipinski definition) is 0. The first-order valence-corrected chi connectivity index (χ1v) is 7.31. The standard InChI is InChI=1S/C11H10N2S2.C2H6/c1-8(2)11-13-6-10(15-11)4-3-9-5-12-7-14-9;1-2/h5-8H,1-2H3;1-2H3. The molecule has 0 aliphatic heterocycles. The minimum atomic E-state index is 0.481. The van der Waals surface area contributed by atoms with E-state index in [9.17, 15) is 0 Å². The Balaban J connectivity index is 0.000000686. The summed E-state index contributed by atoms with van der Waals surface area (Å²) in [5.41, 5.74) is 1.79. The molecule has 0 saturated carbocycles. The van der Waals surface area contributed by atoms with Gasteiger partial charge in [0.25, 0.3) is 0 Å². The molecule has 0 atom stereocenters. The van der Waals surface area contributed by atoms with Gasteiger partial charge in [-0.2, -0.15) is 0 Å². The number of thiazole rings is 2. The van der Waals surface area contributed by atoms with Crippen LogP contribution in [0.15, 0.2) is 17.9 Å². The normalized spacial score (nSPS) is 9.24. The molecule has 0 unspecified atom stereocenters. The van der Waals surface area contributed by atoms with Gasteiger partial charge in [0, 0.05) is 5.92 Å². The maximum Gasteiger partial charge on any atom is 0.0973 e. The van der Waals surface area contributed by atoms with Crippen molar-refractivity contribution >= 4 is 22.7 Å². The van der Waals surface area contributed by atoms with Crippen LogP contribution >= 0.6 is 22.7 Å². The number of nitrogens with zero attached hydrogens (tertiary/aromatic N) is 2. The van der Waals surface area contributed by atoms with Crippen molar-refractivity contribution in [2.24, 2.45) is 0 Å². The van der Waals surface area contributed by atoms with Crippen LogP contribution in [0.5, 0.6) is 0 Å². The van der Waals surface area contributed by atoms with Gasteiger partial charge in [0.2, 0.25) is 0 Å². The number of aromatic nitrogens is 2. The van der Waals surface area contributed by atoms with Crippen LogP contribution in [0.3, 0.4) is 0 Å². The van der Waals surface area contributed by atoms with Crippen molar-refractivity contribution in [3.8, 4) is 11.8 Å². The molecular formula is C13H16N2S2.